The molecule has 2 aromatic rings. The summed E-state index contributed by atoms with van der Waals surface area (Å²) in [5.41, 5.74) is 8.13. The standard InChI is InChI=1S/C26H29ClO2/c1-7-29-25(28)23(24(27)21-11-9-8-10-12-21)22(17-19(3)26(4,5)6)20-15-13-18(2)14-16-20/h8-16H,7H2,1-6H3/b24-23+. The molecule has 0 aliphatic rings. The minimum atomic E-state index is -0.453. The van der Waals surface area contributed by atoms with Gasteiger partial charge in [0.1, 0.15) is 0 Å². The van der Waals surface area contributed by atoms with Gasteiger partial charge in [0.2, 0.25) is 0 Å². The third-order valence-electron chi connectivity index (χ3n) is 4.75. The molecule has 0 bridgehead atoms. The monoisotopic (exact) mass is 408 g/mol. The normalized spacial score (nSPS) is 12.0. The number of carbonyl (C=O) groups excluding carboxylic acids is 1. The smallest absolute Gasteiger partial charge is 0.340 e. The number of carbonyl (C=O) groups is 1. The molecule has 2 rings (SSSR count). The second-order valence-corrected chi connectivity index (χ2v) is 8.39. The topological polar surface area (TPSA) is 26.3 Å². The highest BCUT2D eigenvalue weighted by Gasteiger charge is 2.24. The summed E-state index contributed by atoms with van der Waals surface area (Å²) in [6, 6.07) is 17.5. The van der Waals surface area contributed by atoms with Gasteiger partial charge < -0.3 is 4.74 Å². The lowest BCUT2D eigenvalue weighted by molar-refractivity contribution is -0.137. The van der Waals surface area contributed by atoms with Crippen molar-refractivity contribution < 1.29 is 9.53 Å². The molecule has 2 aromatic carbocycles. The van der Waals surface area contributed by atoms with Gasteiger partial charge in [-0.05, 0) is 42.9 Å². The number of benzene rings is 2. The van der Waals surface area contributed by atoms with Crippen LogP contribution in [0.15, 0.2) is 71.5 Å². The van der Waals surface area contributed by atoms with Crippen molar-refractivity contribution >= 4 is 28.2 Å². The van der Waals surface area contributed by atoms with Crippen LogP contribution >= 0.6 is 11.6 Å². The molecule has 0 unspecified atom stereocenters. The molecule has 0 atom stereocenters. The van der Waals surface area contributed by atoms with Crippen molar-refractivity contribution in [3.63, 3.8) is 0 Å². The summed E-state index contributed by atoms with van der Waals surface area (Å²) in [4.78, 5) is 13.0. The van der Waals surface area contributed by atoms with Crippen molar-refractivity contribution in [2.45, 2.75) is 41.5 Å². The van der Waals surface area contributed by atoms with E-state index in [2.05, 4.69) is 26.5 Å². The summed E-state index contributed by atoms with van der Waals surface area (Å²) < 4.78 is 5.39. The van der Waals surface area contributed by atoms with Crippen LogP contribution in [0.3, 0.4) is 0 Å². The van der Waals surface area contributed by atoms with E-state index in [4.69, 9.17) is 16.3 Å². The number of ether oxygens (including phenoxy) is 1. The quantitative estimate of drug-likeness (QED) is 0.226. The summed E-state index contributed by atoms with van der Waals surface area (Å²) in [5.74, 6) is -0.453. The highest BCUT2D eigenvalue weighted by Crippen LogP contribution is 2.35. The molecule has 0 N–H and O–H groups in total. The van der Waals surface area contributed by atoms with Gasteiger partial charge in [0.25, 0.3) is 0 Å². The lowest BCUT2D eigenvalue weighted by atomic mass is 9.86. The molecule has 0 saturated carbocycles. The maximum absolute atomic E-state index is 13.0. The van der Waals surface area contributed by atoms with Crippen LogP contribution in [0.5, 0.6) is 0 Å². The molecule has 0 heterocycles. The average Bonchev–Trinajstić information content (AvgIpc) is 2.68. The Labute approximate surface area is 179 Å². The summed E-state index contributed by atoms with van der Waals surface area (Å²) in [7, 11) is 0. The zero-order valence-electron chi connectivity index (χ0n) is 18.1. The molecule has 0 radical (unpaired) electrons. The van der Waals surface area contributed by atoms with Crippen LogP contribution in [0.25, 0.3) is 10.6 Å². The third kappa shape index (κ3) is 5.97. The van der Waals surface area contributed by atoms with Crippen LogP contribution in [-0.2, 0) is 9.53 Å². The van der Waals surface area contributed by atoms with Crippen LogP contribution in [0.4, 0.5) is 0 Å². The molecule has 0 aromatic heterocycles. The zero-order valence-corrected chi connectivity index (χ0v) is 18.9. The molecular weight excluding hydrogens is 380 g/mol. The summed E-state index contributed by atoms with van der Waals surface area (Å²) in [5, 5.41) is 0.355. The fraction of sp³-hybridized carbons (Fsp3) is 0.308. The molecule has 0 spiro atoms. The summed E-state index contributed by atoms with van der Waals surface area (Å²) in [6.45, 7) is 12.5. The number of aryl methyl sites for hydroxylation is 1. The van der Waals surface area contributed by atoms with E-state index in [9.17, 15) is 4.79 Å². The van der Waals surface area contributed by atoms with Gasteiger partial charge in [-0.25, -0.2) is 4.79 Å². The van der Waals surface area contributed by atoms with E-state index < -0.39 is 5.97 Å². The van der Waals surface area contributed by atoms with Crippen LogP contribution in [0, 0.1) is 12.3 Å². The maximum atomic E-state index is 13.0. The summed E-state index contributed by atoms with van der Waals surface area (Å²) in [6.07, 6.45) is 0. The minimum absolute atomic E-state index is 0.102. The number of esters is 1. The van der Waals surface area contributed by atoms with Gasteiger partial charge in [0.05, 0.1) is 17.2 Å². The fourth-order valence-corrected chi connectivity index (χ4v) is 2.91. The number of halogens is 1. The van der Waals surface area contributed by atoms with Crippen molar-refractivity contribution in [3.05, 3.63) is 88.2 Å². The Balaban J connectivity index is 2.90. The first-order valence-corrected chi connectivity index (χ1v) is 10.2. The molecule has 0 aliphatic carbocycles. The zero-order chi connectivity index (χ0) is 21.6. The van der Waals surface area contributed by atoms with E-state index in [1.165, 1.54) is 0 Å². The highest BCUT2D eigenvalue weighted by molar-refractivity contribution is 6.52. The minimum Gasteiger partial charge on any atom is -0.462 e. The Hall–Kier alpha value is -2.54. The first-order valence-electron chi connectivity index (χ1n) is 9.83. The highest BCUT2D eigenvalue weighted by atomic mass is 35.5. The molecule has 2 nitrogen and oxygen atoms in total. The van der Waals surface area contributed by atoms with Crippen molar-refractivity contribution in [2.75, 3.05) is 6.61 Å². The van der Waals surface area contributed by atoms with Crippen LogP contribution in [-0.4, -0.2) is 12.6 Å². The number of rotatable bonds is 5. The Morgan fingerprint density at radius 2 is 1.59 bits per heavy atom. The number of hydrogen-bond acceptors (Lipinski definition) is 2. The maximum Gasteiger partial charge on any atom is 0.340 e. The van der Waals surface area contributed by atoms with Crippen LogP contribution < -0.4 is 0 Å². The van der Waals surface area contributed by atoms with Gasteiger partial charge in [0, 0.05) is 5.57 Å². The second kappa shape index (κ2) is 9.78. The van der Waals surface area contributed by atoms with E-state index >= 15 is 0 Å². The third-order valence-corrected chi connectivity index (χ3v) is 5.16. The van der Waals surface area contributed by atoms with E-state index in [1.54, 1.807) is 6.92 Å². The molecular formula is C26H29ClO2. The van der Waals surface area contributed by atoms with Crippen LogP contribution in [0.2, 0.25) is 0 Å². The average molecular weight is 409 g/mol. The van der Waals surface area contributed by atoms with Gasteiger partial charge in [-0.1, -0.05) is 92.5 Å². The van der Waals surface area contributed by atoms with E-state index in [1.807, 2.05) is 68.4 Å². The Morgan fingerprint density at radius 1 is 1.00 bits per heavy atom. The Bertz CT molecular complexity index is 952. The van der Waals surface area contributed by atoms with E-state index in [0.717, 1.165) is 22.3 Å². The van der Waals surface area contributed by atoms with Gasteiger partial charge in [-0.2, -0.15) is 0 Å². The second-order valence-electron chi connectivity index (χ2n) is 8.02. The lowest BCUT2D eigenvalue weighted by Gasteiger charge is -2.19. The van der Waals surface area contributed by atoms with E-state index in [0.29, 0.717) is 16.2 Å². The molecule has 0 amide bonds. The van der Waals surface area contributed by atoms with Crippen molar-refractivity contribution in [2.24, 2.45) is 5.41 Å². The van der Waals surface area contributed by atoms with Crippen LogP contribution in [0.1, 0.15) is 51.3 Å². The summed E-state index contributed by atoms with van der Waals surface area (Å²) >= 11 is 6.79. The molecule has 29 heavy (non-hydrogen) atoms. The molecule has 0 aliphatic heterocycles. The predicted molar refractivity (Wildman–Crippen MR) is 123 cm³/mol. The Kier molecular flexibility index (Phi) is 7.67. The van der Waals surface area contributed by atoms with Gasteiger partial charge in [-0.15, -0.1) is 5.73 Å². The SMILES string of the molecule is CCOC(=O)/C(C(=C=C(C)C(C)(C)C)c1ccc(C)cc1)=C(/Cl)c1ccccc1. The van der Waals surface area contributed by atoms with Crippen molar-refractivity contribution in [1.82, 2.24) is 0 Å². The number of hydrogen-bond donors (Lipinski definition) is 0. The predicted octanol–water partition coefficient (Wildman–Crippen LogP) is 7.18. The molecule has 0 saturated heterocycles. The van der Waals surface area contributed by atoms with Gasteiger partial charge in [0.15, 0.2) is 0 Å². The van der Waals surface area contributed by atoms with Crippen molar-refractivity contribution in [3.8, 4) is 0 Å². The first-order chi connectivity index (χ1) is 13.6. The molecule has 0 fully saturated rings. The first kappa shape index (κ1) is 22.7. The van der Waals surface area contributed by atoms with Gasteiger partial charge >= 0.3 is 5.97 Å². The largest absolute Gasteiger partial charge is 0.462 e. The molecule has 152 valence electrons. The lowest BCUT2D eigenvalue weighted by Crippen LogP contribution is -2.11. The fourth-order valence-electron chi connectivity index (χ4n) is 2.61. The molecule has 3 heteroatoms. The van der Waals surface area contributed by atoms with E-state index in [-0.39, 0.29) is 12.0 Å². The van der Waals surface area contributed by atoms with Crippen molar-refractivity contribution in [1.29, 1.82) is 0 Å². The Morgan fingerprint density at radius 3 is 2.10 bits per heavy atom. The van der Waals surface area contributed by atoms with Gasteiger partial charge in [-0.3, -0.25) is 0 Å².